The summed E-state index contributed by atoms with van der Waals surface area (Å²) < 4.78 is 5.66. The maximum atomic E-state index is 11.3. The maximum absolute atomic E-state index is 11.3. The zero-order valence-electron chi connectivity index (χ0n) is 10.5. The molecule has 0 aliphatic rings. The van der Waals surface area contributed by atoms with Crippen LogP contribution in [0.2, 0.25) is 0 Å². The van der Waals surface area contributed by atoms with Crippen LogP contribution in [0.25, 0.3) is 6.08 Å². The molecule has 0 saturated heterocycles. The van der Waals surface area contributed by atoms with Crippen LogP contribution in [-0.2, 0) is 9.53 Å². The Labute approximate surface area is 120 Å². The van der Waals surface area contributed by atoms with Gasteiger partial charge in [0.05, 0.1) is 6.61 Å². The number of carbonyl (C=O) groups excluding carboxylic acids is 2. The largest absolute Gasteiger partial charge is 0.465 e. The Morgan fingerprint density at radius 2 is 2.00 bits per heavy atom. The lowest BCUT2D eigenvalue weighted by molar-refractivity contribution is -0.141. The van der Waals surface area contributed by atoms with Crippen molar-refractivity contribution in [3.8, 4) is 0 Å². The lowest BCUT2D eigenvalue weighted by Gasteiger charge is -2.04. The van der Waals surface area contributed by atoms with Crippen LogP contribution in [0, 0.1) is 0 Å². The van der Waals surface area contributed by atoms with Crippen LogP contribution in [0.5, 0.6) is 0 Å². The van der Waals surface area contributed by atoms with Gasteiger partial charge in [-0.3, -0.25) is 4.79 Å². The molecule has 1 aromatic rings. The Morgan fingerprint density at radius 1 is 1.32 bits per heavy atom. The highest BCUT2D eigenvalue weighted by Crippen LogP contribution is 2.10. The molecule has 0 aliphatic heterocycles. The minimum Gasteiger partial charge on any atom is -0.465 e. The molecule has 0 saturated carbocycles. The summed E-state index contributed by atoms with van der Waals surface area (Å²) in [5.41, 5.74) is 0.953. The lowest BCUT2D eigenvalue weighted by atomic mass is 10.2. The van der Waals surface area contributed by atoms with E-state index < -0.39 is 12.0 Å². The van der Waals surface area contributed by atoms with E-state index in [4.69, 9.17) is 0 Å². The normalized spacial score (nSPS) is 10.2. The third-order valence-electron chi connectivity index (χ3n) is 2.06. The topological polar surface area (TPSA) is 67.4 Å². The van der Waals surface area contributed by atoms with Crippen molar-refractivity contribution in [3.63, 3.8) is 0 Å². The lowest BCUT2D eigenvalue weighted by Crippen LogP contribution is -2.36. The second-order valence-electron chi connectivity index (χ2n) is 3.52. The van der Waals surface area contributed by atoms with Gasteiger partial charge < -0.3 is 15.4 Å². The Morgan fingerprint density at radius 3 is 2.63 bits per heavy atom. The summed E-state index contributed by atoms with van der Waals surface area (Å²) in [5, 5.41) is 4.87. The van der Waals surface area contributed by atoms with Gasteiger partial charge in [0.2, 0.25) is 0 Å². The van der Waals surface area contributed by atoms with Gasteiger partial charge in [0.1, 0.15) is 6.54 Å². The predicted molar refractivity (Wildman–Crippen MR) is 76.3 cm³/mol. The number of ether oxygens (including phenoxy) is 1. The number of halogens is 1. The summed E-state index contributed by atoms with van der Waals surface area (Å²) in [7, 11) is 0. The predicted octanol–water partition coefficient (Wildman–Crippen LogP) is 2.28. The van der Waals surface area contributed by atoms with Crippen LogP contribution in [0.4, 0.5) is 4.79 Å². The van der Waals surface area contributed by atoms with Gasteiger partial charge in [0.25, 0.3) is 0 Å². The fraction of sp³-hybridized carbons (Fsp3) is 0.231. The number of nitrogens with one attached hydrogen (secondary N) is 2. The monoisotopic (exact) mass is 326 g/mol. The third-order valence-corrected chi connectivity index (χ3v) is 2.59. The molecule has 6 heteroatoms. The second-order valence-corrected chi connectivity index (χ2v) is 4.43. The summed E-state index contributed by atoms with van der Waals surface area (Å²) in [6.07, 6.45) is 3.25. The highest BCUT2D eigenvalue weighted by Gasteiger charge is 2.03. The Kier molecular flexibility index (Phi) is 6.67. The number of carbonyl (C=O) groups is 2. The zero-order valence-corrected chi connectivity index (χ0v) is 12.1. The summed E-state index contributed by atoms with van der Waals surface area (Å²) in [5.74, 6) is -0.463. The molecule has 0 aromatic heterocycles. The average Bonchev–Trinajstić information content (AvgIpc) is 2.39. The van der Waals surface area contributed by atoms with Crippen LogP contribution in [-0.4, -0.2) is 25.2 Å². The molecule has 5 nitrogen and oxygen atoms in total. The zero-order chi connectivity index (χ0) is 14.1. The maximum Gasteiger partial charge on any atom is 0.325 e. The van der Waals surface area contributed by atoms with E-state index in [0.717, 1.165) is 10.0 Å². The fourth-order valence-electron chi connectivity index (χ4n) is 1.20. The van der Waals surface area contributed by atoms with Crippen molar-refractivity contribution in [2.24, 2.45) is 0 Å². The van der Waals surface area contributed by atoms with Crippen molar-refractivity contribution in [2.75, 3.05) is 13.2 Å². The summed E-state index contributed by atoms with van der Waals surface area (Å²) in [6.45, 7) is 1.86. The molecule has 2 amide bonds. The summed E-state index contributed by atoms with van der Waals surface area (Å²) in [4.78, 5) is 22.3. The van der Waals surface area contributed by atoms with Gasteiger partial charge in [-0.05, 0) is 30.7 Å². The third kappa shape index (κ3) is 6.61. The average molecular weight is 327 g/mol. The van der Waals surface area contributed by atoms with Gasteiger partial charge in [-0.1, -0.05) is 28.1 Å². The summed E-state index contributed by atoms with van der Waals surface area (Å²) in [6, 6.07) is 7.15. The Hall–Kier alpha value is -1.82. The molecule has 0 fully saturated rings. The number of benzene rings is 1. The highest BCUT2D eigenvalue weighted by molar-refractivity contribution is 9.10. The minimum absolute atomic E-state index is 0.147. The standard InChI is InChI=1S/C13H15BrN2O3/c1-2-19-12(17)9-16-13(18)15-8-7-10-3-5-11(14)6-4-10/h3-8H,2,9H2,1H3,(H2,15,16,18)/b8-7+. The van der Waals surface area contributed by atoms with Gasteiger partial charge in [0.15, 0.2) is 0 Å². The van der Waals surface area contributed by atoms with Crippen LogP contribution < -0.4 is 10.6 Å². The minimum atomic E-state index is -0.463. The first-order chi connectivity index (χ1) is 9.11. The molecular formula is C13H15BrN2O3. The first-order valence-corrected chi connectivity index (χ1v) is 6.53. The van der Waals surface area contributed by atoms with E-state index >= 15 is 0 Å². The van der Waals surface area contributed by atoms with Gasteiger partial charge in [-0.25, -0.2) is 4.79 Å². The smallest absolute Gasteiger partial charge is 0.325 e. The quantitative estimate of drug-likeness (QED) is 0.816. The van der Waals surface area contributed by atoms with Crippen LogP contribution >= 0.6 is 15.9 Å². The Balaban J connectivity index is 2.30. The fourth-order valence-corrected chi connectivity index (χ4v) is 1.47. The molecule has 1 aromatic carbocycles. The molecular weight excluding hydrogens is 312 g/mol. The number of urea groups is 1. The molecule has 102 valence electrons. The molecule has 0 bridgehead atoms. The van der Waals surface area contributed by atoms with Crippen molar-refractivity contribution in [3.05, 3.63) is 40.5 Å². The number of esters is 1. The van der Waals surface area contributed by atoms with Gasteiger partial charge in [-0.15, -0.1) is 0 Å². The van der Waals surface area contributed by atoms with Gasteiger partial charge in [0, 0.05) is 10.7 Å². The summed E-state index contributed by atoms with van der Waals surface area (Å²) >= 11 is 3.34. The molecule has 0 unspecified atom stereocenters. The SMILES string of the molecule is CCOC(=O)CNC(=O)N/C=C/c1ccc(Br)cc1. The van der Waals surface area contributed by atoms with E-state index in [0.29, 0.717) is 6.61 Å². The van der Waals surface area contributed by atoms with E-state index in [9.17, 15) is 9.59 Å². The second kappa shape index (κ2) is 8.31. The first-order valence-electron chi connectivity index (χ1n) is 5.74. The molecule has 0 atom stereocenters. The van der Waals surface area contributed by atoms with E-state index in [-0.39, 0.29) is 6.54 Å². The molecule has 1 rings (SSSR count). The van der Waals surface area contributed by atoms with Crippen molar-refractivity contribution >= 4 is 34.0 Å². The van der Waals surface area contributed by atoms with Crippen molar-refractivity contribution < 1.29 is 14.3 Å². The first kappa shape index (κ1) is 15.2. The van der Waals surface area contributed by atoms with Crippen LogP contribution in [0.15, 0.2) is 34.9 Å². The molecule has 2 N–H and O–H groups in total. The molecule has 0 heterocycles. The number of hydrogen-bond acceptors (Lipinski definition) is 3. The van der Waals surface area contributed by atoms with Crippen molar-refractivity contribution in [2.45, 2.75) is 6.92 Å². The van der Waals surface area contributed by atoms with E-state index in [1.807, 2.05) is 24.3 Å². The van der Waals surface area contributed by atoms with Crippen LogP contribution in [0.3, 0.4) is 0 Å². The van der Waals surface area contributed by atoms with Gasteiger partial charge in [-0.2, -0.15) is 0 Å². The molecule has 19 heavy (non-hydrogen) atoms. The molecule has 0 spiro atoms. The van der Waals surface area contributed by atoms with E-state index in [2.05, 4.69) is 31.3 Å². The van der Waals surface area contributed by atoms with Crippen molar-refractivity contribution in [1.29, 1.82) is 0 Å². The Bertz CT molecular complexity index is 457. The molecule has 0 radical (unpaired) electrons. The number of amides is 2. The van der Waals surface area contributed by atoms with Crippen LogP contribution in [0.1, 0.15) is 12.5 Å². The number of hydrogen-bond donors (Lipinski definition) is 2. The van der Waals surface area contributed by atoms with Crippen molar-refractivity contribution in [1.82, 2.24) is 10.6 Å². The molecule has 0 aliphatic carbocycles. The van der Waals surface area contributed by atoms with E-state index in [1.54, 1.807) is 13.0 Å². The van der Waals surface area contributed by atoms with E-state index in [1.165, 1.54) is 6.20 Å². The van der Waals surface area contributed by atoms with Gasteiger partial charge >= 0.3 is 12.0 Å². The highest BCUT2D eigenvalue weighted by atomic mass is 79.9. The number of rotatable bonds is 5.